The van der Waals surface area contributed by atoms with Gasteiger partial charge in [-0.15, -0.1) is 0 Å². The van der Waals surface area contributed by atoms with E-state index in [0.29, 0.717) is 24.8 Å². The Morgan fingerprint density at radius 1 is 1.40 bits per heavy atom. The largest absolute Gasteiger partial charge is 0.473 e. The monoisotopic (exact) mass is 343 g/mol. The van der Waals surface area contributed by atoms with Crippen molar-refractivity contribution in [1.82, 2.24) is 10.4 Å². The molecule has 25 heavy (non-hydrogen) atoms. The normalized spacial score (nSPS) is 12.6. The number of rotatable bonds is 6. The van der Waals surface area contributed by atoms with Crippen LogP contribution in [0.2, 0.25) is 0 Å². The maximum Gasteiger partial charge on any atom is 0.221 e. The molecule has 3 rings (SSSR count). The number of pyridine rings is 1. The maximum atomic E-state index is 8.94. The van der Waals surface area contributed by atoms with Crippen molar-refractivity contribution in [3.05, 3.63) is 53.2 Å². The molecule has 1 fully saturated rings. The first kappa shape index (κ1) is 18.7. The van der Waals surface area contributed by atoms with E-state index in [1.807, 2.05) is 32.2 Å². The minimum Gasteiger partial charge on any atom is -0.473 e. The lowest BCUT2D eigenvalue weighted by Gasteiger charge is -2.20. The van der Waals surface area contributed by atoms with E-state index in [-0.39, 0.29) is 0 Å². The number of hydrazine groups is 2. The number of anilines is 1. The molecular formula is C18H25N5O2. The quantitative estimate of drug-likeness (QED) is 0.319. The molecule has 1 aromatic carbocycles. The number of nitrogens with two attached hydrogens (primary N) is 2. The molecule has 2 aromatic rings. The van der Waals surface area contributed by atoms with Crippen LogP contribution < -0.4 is 26.9 Å². The SMILES string of the molecule is Cc1ccnc(OCc2c(C3CC3)cccc2N(C)N)c1.NNC=O. The summed E-state index contributed by atoms with van der Waals surface area (Å²) in [6.45, 7) is 2.53. The number of hydrogen-bond donors (Lipinski definition) is 3. The van der Waals surface area contributed by atoms with Crippen molar-refractivity contribution in [2.45, 2.75) is 32.3 Å². The summed E-state index contributed by atoms with van der Waals surface area (Å²) in [4.78, 5) is 13.2. The van der Waals surface area contributed by atoms with Crippen molar-refractivity contribution >= 4 is 12.1 Å². The standard InChI is InChI=1S/C17H21N3O.CH4N2O/c1-12-8-9-19-17(10-12)21-11-15-14(13-6-7-13)4-3-5-16(15)20(2)18;2-3-1-4/h3-5,8-10,13H,6-7,11,18H2,1-2H3;1H,2H2,(H,3,4). The van der Waals surface area contributed by atoms with Gasteiger partial charge in [-0.3, -0.25) is 10.2 Å². The maximum absolute atomic E-state index is 8.94. The second-order valence-electron chi connectivity index (χ2n) is 5.97. The number of aryl methyl sites for hydroxylation is 1. The van der Waals surface area contributed by atoms with Crippen LogP contribution in [0.4, 0.5) is 5.69 Å². The number of carbonyl (C=O) groups is 1. The highest BCUT2D eigenvalue weighted by molar-refractivity contribution is 5.56. The van der Waals surface area contributed by atoms with Crippen molar-refractivity contribution in [3.8, 4) is 5.88 Å². The number of nitrogens with zero attached hydrogens (tertiary/aromatic N) is 2. The van der Waals surface area contributed by atoms with Crippen molar-refractivity contribution in [1.29, 1.82) is 0 Å². The highest BCUT2D eigenvalue weighted by Gasteiger charge is 2.27. The van der Waals surface area contributed by atoms with Gasteiger partial charge in [0.1, 0.15) is 6.61 Å². The molecule has 7 heteroatoms. The van der Waals surface area contributed by atoms with Crippen LogP contribution in [-0.4, -0.2) is 18.4 Å². The van der Waals surface area contributed by atoms with Crippen molar-refractivity contribution in [2.24, 2.45) is 11.7 Å². The Morgan fingerprint density at radius 3 is 2.68 bits per heavy atom. The average Bonchev–Trinajstić information content (AvgIpc) is 3.45. The molecule has 1 heterocycles. The second kappa shape index (κ2) is 9.00. The van der Waals surface area contributed by atoms with E-state index in [4.69, 9.17) is 15.4 Å². The first-order valence-electron chi connectivity index (χ1n) is 8.12. The Labute approximate surface area is 147 Å². The van der Waals surface area contributed by atoms with Gasteiger partial charge < -0.3 is 9.75 Å². The van der Waals surface area contributed by atoms with Crippen LogP contribution in [0.1, 0.15) is 35.4 Å². The Morgan fingerprint density at radius 2 is 2.12 bits per heavy atom. The van der Waals surface area contributed by atoms with Gasteiger partial charge in [-0.1, -0.05) is 12.1 Å². The smallest absolute Gasteiger partial charge is 0.221 e. The van der Waals surface area contributed by atoms with Crippen molar-refractivity contribution in [3.63, 3.8) is 0 Å². The molecule has 0 bridgehead atoms. The van der Waals surface area contributed by atoms with Gasteiger partial charge in [0, 0.05) is 24.9 Å². The fourth-order valence-electron chi connectivity index (χ4n) is 2.59. The number of aromatic nitrogens is 1. The minimum absolute atomic E-state index is 0.403. The third-order valence-corrected chi connectivity index (χ3v) is 3.91. The van der Waals surface area contributed by atoms with Crippen LogP contribution in [-0.2, 0) is 11.4 Å². The predicted octanol–water partition coefficient (Wildman–Crippen LogP) is 1.76. The number of carbonyl (C=O) groups excluding carboxylic acids is 1. The summed E-state index contributed by atoms with van der Waals surface area (Å²) in [5.41, 5.74) is 6.45. The Balaban J connectivity index is 0.000000511. The molecular weight excluding hydrogens is 318 g/mol. The van der Waals surface area contributed by atoms with Crippen LogP contribution in [0.15, 0.2) is 36.5 Å². The van der Waals surface area contributed by atoms with E-state index < -0.39 is 0 Å². The summed E-state index contributed by atoms with van der Waals surface area (Å²) < 4.78 is 5.89. The highest BCUT2D eigenvalue weighted by Crippen LogP contribution is 2.43. The molecule has 0 aliphatic heterocycles. The molecule has 0 spiro atoms. The van der Waals surface area contributed by atoms with Crippen LogP contribution in [0.25, 0.3) is 0 Å². The first-order valence-corrected chi connectivity index (χ1v) is 8.12. The van der Waals surface area contributed by atoms with Gasteiger partial charge in [-0.2, -0.15) is 0 Å². The molecule has 0 radical (unpaired) electrons. The highest BCUT2D eigenvalue weighted by atomic mass is 16.5. The molecule has 5 N–H and O–H groups in total. The molecule has 0 atom stereocenters. The summed E-state index contributed by atoms with van der Waals surface area (Å²) in [7, 11) is 1.86. The second-order valence-corrected chi connectivity index (χ2v) is 5.97. The molecule has 0 unspecified atom stereocenters. The number of amides is 1. The number of benzene rings is 1. The lowest BCUT2D eigenvalue weighted by atomic mass is 10.0. The average molecular weight is 343 g/mol. The lowest BCUT2D eigenvalue weighted by Crippen LogP contribution is -2.27. The van der Waals surface area contributed by atoms with Gasteiger partial charge in [0.2, 0.25) is 12.3 Å². The van der Waals surface area contributed by atoms with Gasteiger partial charge in [-0.25, -0.2) is 16.7 Å². The number of hydrogen-bond acceptors (Lipinski definition) is 6. The molecule has 1 aromatic heterocycles. The zero-order valence-corrected chi connectivity index (χ0v) is 14.6. The summed E-state index contributed by atoms with van der Waals surface area (Å²) in [6, 6.07) is 10.2. The van der Waals surface area contributed by atoms with Crippen molar-refractivity contribution < 1.29 is 9.53 Å². The third-order valence-electron chi connectivity index (χ3n) is 3.91. The fourth-order valence-corrected chi connectivity index (χ4v) is 2.59. The Hall–Kier alpha value is -2.64. The summed E-state index contributed by atoms with van der Waals surface area (Å²) in [5, 5.41) is 1.66. The number of ether oxygens (including phenoxy) is 1. The van der Waals surface area contributed by atoms with Gasteiger partial charge >= 0.3 is 0 Å². The van der Waals surface area contributed by atoms with E-state index >= 15 is 0 Å². The molecule has 1 aliphatic carbocycles. The predicted molar refractivity (Wildman–Crippen MR) is 97.7 cm³/mol. The first-order chi connectivity index (χ1) is 12.1. The van der Waals surface area contributed by atoms with E-state index in [0.717, 1.165) is 11.3 Å². The Bertz CT molecular complexity index is 681. The van der Waals surface area contributed by atoms with E-state index in [2.05, 4.69) is 23.0 Å². The van der Waals surface area contributed by atoms with E-state index in [1.165, 1.54) is 24.0 Å². The van der Waals surface area contributed by atoms with E-state index in [1.54, 1.807) is 16.6 Å². The zero-order valence-electron chi connectivity index (χ0n) is 14.6. The molecule has 1 aliphatic rings. The summed E-state index contributed by atoms with van der Waals surface area (Å²) in [5.74, 6) is 11.7. The minimum atomic E-state index is 0.403. The van der Waals surface area contributed by atoms with Gasteiger partial charge in [0.25, 0.3) is 0 Å². The Kier molecular flexibility index (Phi) is 6.73. The van der Waals surface area contributed by atoms with Gasteiger partial charge in [0.15, 0.2) is 0 Å². The molecule has 1 saturated carbocycles. The molecule has 0 saturated heterocycles. The molecule has 1 amide bonds. The van der Waals surface area contributed by atoms with Crippen LogP contribution in [0, 0.1) is 6.92 Å². The van der Waals surface area contributed by atoms with Crippen molar-refractivity contribution in [2.75, 3.05) is 12.1 Å². The summed E-state index contributed by atoms with van der Waals surface area (Å²) in [6.07, 6.45) is 4.69. The molecule has 134 valence electrons. The lowest BCUT2D eigenvalue weighted by molar-refractivity contribution is -0.109. The van der Waals surface area contributed by atoms with Crippen LogP contribution in [0.5, 0.6) is 5.88 Å². The van der Waals surface area contributed by atoms with Crippen LogP contribution >= 0.6 is 0 Å². The zero-order chi connectivity index (χ0) is 18.2. The van der Waals surface area contributed by atoms with E-state index in [9.17, 15) is 0 Å². The fraction of sp³-hybridized carbons (Fsp3) is 0.333. The topological polar surface area (TPSA) is 106 Å². The number of nitrogens with one attached hydrogen (secondary N) is 1. The van der Waals surface area contributed by atoms with Gasteiger partial charge in [-0.05, 0) is 48.9 Å². The summed E-state index contributed by atoms with van der Waals surface area (Å²) >= 11 is 0. The molecule has 7 nitrogen and oxygen atoms in total. The van der Waals surface area contributed by atoms with Gasteiger partial charge in [0.05, 0.1) is 5.69 Å². The third kappa shape index (κ3) is 5.44. The van der Waals surface area contributed by atoms with Crippen LogP contribution in [0.3, 0.4) is 0 Å².